The Balaban J connectivity index is 2.84. The molecule has 0 aliphatic carbocycles. The Hall–Kier alpha value is -0.150. The number of carbonyl (C=O) groups excluding carboxylic acids is 1. The number of hydrogen-bond acceptors (Lipinski definition) is 1. The second-order valence-corrected chi connectivity index (χ2v) is 4.07. The summed E-state index contributed by atoms with van der Waals surface area (Å²) in [5, 5.41) is 0. The molecular weight excluding hydrogens is 284 g/mol. The maximum Gasteiger partial charge on any atom is 0.120 e. The van der Waals surface area contributed by atoms with Gasteiger partial charge in [0.05, 0.1) is 0 Å². The van der Waals surface area contributed by atoms with Crippen LogP contribution in [0.2, 0.25) is 0 Å². The lowest BCUT2D eigenvalue weighted by molar-refractivity contribution is -0.107. The summed E-state index contributed by atoms with van der Waals surface area (Å²) in [5.74, 6) is 0. The van der Waals surface area contributed by atoms with Gasteiger partial charge in [-0.1, -0.05) is 12.1 Å². The lowest BCUT2D eigenvalue weighted by Gasteiger charge is -2.02. The summed E-state index contributed by atoms with van der Waals surface area (Å²) in [4.78, 5) is 10.1. The Morgan fingerprint density at radius 2 is 2.08 bits per heavy atom. The minimum atomic E-state index is 0.578. The smallest absolute Gasteiger partial charge is 0.120 e. The highest BCUT2D eigenvalue weighted by molar-refractivity contribution is 9.13. The van der Waals surface area contributed by atoms with Gasteiger partial charge in [-0.25, -0.2) is 0 Å². The molecular formula is C9H8Br2O. The van der Waals surface area contributed by atoms with Crippen molar-refractivity contribution >= 4 is 38.1 Å². The van der Waals surface area contributed by atoms with Crippen molar-refractivity contribution in [2.24, 2.45) is 0 Å². The van der Waals surface area contributed by atoms with Crippen LogP contribution in [0.25, 0.3) is 0 Å². The van der Waals surface area contributed by atoms with Gasteiger partial charge in [0.25, 0.3) is 0 Å². The van der Waals surface area contributed by atoms with Crippen molar-refractivity contribution in [3.8, 4) is 0 Å². The minimum Gasteiger partial charge on any atom is -0.303 e. The molecule has 0 aliphatic heterocycles. The van der Waals surface area contributed by atoms with E-state index < -0.39 is 0 Å². The normalized spacial score (nSPS) is 9.83. The zero-order valence-electron chi connectivity index (χ0n) is 6.39. The van der Waals surface area contributed by atoms with Gasteiger partial charge in [0.15, 0.2) is 0 Å². The third-order valence-corrected chi connectivity index (χ3v) is 3.69. The molecule has 0 N–H and O–H groups in total. The van der Waals surface area contributed by atoms with E-state index in [0.29, 0.717) is 6.42 Å². The average Bonchev–Trinajstić information content (AvgIpc) is 2.08. The van der Waals surface area contributed by atoms with E-state index >= 15 is 0 Å². The van der Waals surface area contributed by atoms with Gasteiger partial charge in [0.2, 0.25) is 0 Å². The summed E-state index contributed by atoms with van der Waals surface area (Å²) in [6.45, 7) is 0. The average molecular weight is 292 g/mol. The second-order valence-electron chi connectivity index (χ2n) is 2.42. The van der Waals surface area contributed by atoms with Gasteiger partial charge in [0, 0.05) is 15.4 Å². The molecule has 12 heavy (non-hydrogen) atoms. The molecule has 0 bridgehead atoms. The van der Waals surface area contributed by atoms with Crippen LogP contribution in [-0.4, -0.2) is 6.29 Å². The van der Waals surface area contributed by atoms with E-state index in [2.05, 4.69) is 31.9 Å². The van der Waals surface area contributed by atoms with E-state index in [1.54, 1.807) is 0 Å². The van der Waals surface area contributed by atoms with E-state index in [-0.39, 0.29) is 0 Å². The molecule has 0 spiro atoms. The Bertz CT molecular complexity index is 284. The number of benzene rings is 1. The number of rotatable bonds is 3. The summed E-state index contributed by atoms with van der Waals surface area (Å²) < 4.78 is 2.08. The summed E-state index contributed by atoms with van der Waals surface area (Å²) in [6, 6.07) is 5.95. The predicted octanol–water partition coefficient (Wildman–Crippen LogP) is 3.34. The number of halogens is 2. The van der Waals surface area contributed by atoms with Crippen molar-refractivity contribution in [3.05, 3.63) is 32.7 Å². The molecule has 1 aromatic carbocycles. The largest absolute Gasteiger partial charge is 0.303 e. The maximum absolute atomic E-state index is 10.1. The van der Waals surface area contributed by atoms with Crippen molar-refractivity contribution < 1.29 is 4.79 Å². The zero-order chi connectivity index (χ0) is 8.97. The molecule has 1 rings (SSSR count). The first-order valence-corrected chi connectivity index (χ1v) is 5.21. The predicted molar refractivity (Wildman–Crippen MR) is 56.2 cm³/mol. The van der Waals surface area contributed by atoms with Crippen molar-refractivity contribution in [1.29, 1.82) is 0 Å². The Labute approximate surface area is 88.4 Å². The first-order chi connectivity index (χ1) is 5.75. The topological polar surface area (TPSA) is 17.1 Å². The Morgan fingerprint density at radius 3 is 2.75 bits per heavy atom. The van der Waals surface area contributed by atoms with Crippen LogP contribution < -0.4 is 0 Å². The van der Waals surface area contributed by atoms with Crippen molar-refractivity contribution in [2.75, 3.05) is 0 Å². The molecule has 0 radical (unpaired) electrons. The molecule has 0 aliphatic rings. The lowest BCUT2D eigenvalue weighted by atomic mass is 10.1. The molecule has 1 aromatic rings. The summed E-state index contributed by atoms with van der Waals surface area (Å²) in [7, 11) is 0. The van der Waals surface area contributed by atoms with Gasteiger partial charge >= 0.3 is 0 Å². The van der Waals surface area contributed by atoms with E-state index in [9.17, 15) is 4.79 Å². The quantitative estimate of drug-likeness (QED) is 0.781. The molecule has 0 heterocycles. The van der Waals surface area contributed by atoms with Gasteiger partial charge in [-0.05, 0) is 49.9 Å². The van der Waals surface area contributed by atoms with Crippen LogP contribution in [0.3, 0.4) is 0 Å². The van der Waals surface area contributed by atoms with Crippen LogP contribution in [-0.2, 0) is 11.2 Å². The fraction of sp³-hybridized carbons (Fsp3) is 0.222. The van der Waals surface area contributed by atoms with Crippen molar-refractivity contribution in [1.82, 2.24) is 0 Å². The highest BCUT2D eigenvalue weighted by Crippen LogP contribution is 2.27. The number of aryl methyl sites for hydroxylation is 1. The highest BCUT2D eigenvalue weighted by atomic mass is 79.9. The molecule has 0 saturated carbocycles. The van der Waals surface area contributed by atoms with Gasteiger partial charge in [-0.3, -0.25) is 0 Å². The van der Waals surface area contributed by atoms with E-state index in [1.807, 2.05) is 18.2 Å². The first-order valence-electron chi connectivity index (χ1n) is 3.62. The van der Waals surface area contributed by atoms with Crippen LogP contribution >= 0.6 is 31.9 Å². The molecule has 0 fully saturated rings. The standard InChI is InChI=1S/C9H8Br2O/c10-8-5-1-3-7(9(8)11)4-2-6-12/h1,3,5-6H,2,4H2. The van der Waals surface area contributed by atoms with E-state index in [1.165, 1.54) is 0 Å². The summed E-state index contributed by atoms with van der Waals surface area (Å²) >= 11 is 6.85. The van der Waals surface area contributed by atoms with Crippen LogP contribution in [0.1, 0.15) is 12.0 Å². The number of carbonyl (C=O) groups is 1. The lowest BCUT2D eigenvalue weighted by Crippen LogP contribution is -1.87. The van der Waals surface area contributed by atoms with E-state index in [4.69, 9.17) is 0 Å². The van der Waals surface area contributed by atoms with Gasteiger partial charge in [0.1, 0.15) is 6.29 Å². The number of hydrogen-bond donors (Lipinski definition) is 0. The molecule has 0 saturated heterocycles. The molecule has 64 valence electrons. The molecule has 0 unspecified atom stereocenters. The van der Waals surface area contributed by atoms with Gasteiger partial charge in [-0.2, -0.15) is 0 Å². The Kier molecular flexibility index (Phi) is 3.95. The zero-order valence-corrected chi connectivity index (χ0v) is 9.56. The second kappa shape index (κ2) is 4.77. The van der Waals surface area contributed by atoms with Crippen molar-refractivity contribution in [3.63, 3.8) is 0 Å². The minimum absolute atomic E-state index is 0.578. The van der Waals surface area contributed by atoms with Crippen LogP contribution in [0.4, 0.5) is 0 Å². The highest BCUT2D eigenvalue weighted by Gasteiger charge is 2.01. The van der Waals surface area contributed by atoms with Crippen LogP contribution in [0.15, 0.2) is 27.1 Å². The summed E-state index contributed by atoms with van der Waals surface area (Å²) in [6.07, 6.45) is 2.31. The first kappa shape index (κ1) is 9.93. The van der Waals surface area contributed by atoms with Crippen LogP contribution in [0, 0.1) is 0 Å². The van der Waals surface area contributed by atoms with E-state index in [0.717, 1.165) is 27.2 Å². The molecule has 0 aromatic heterocycles. The fourth-order valence-corrected chi connectivity index (χ4v) is 1.83. The fourth-order valence-electron chi connectivity index (χ4n) is 0.956. The third kappa shape index (κ3) is 2.42. The molecule has 1 nitrogen and oxygen atoms in total. The van der Waals surface area contributed by atoms with Gasteiger partial charge < -0.3 is 4.79 Å². The monoisotopic (exact) mass is 290 g/mol. The summed E-state index contributed by atoms with van der Waals surface area (Å²) in [5.41, 5.74) is 1.16. The van der Waals surface area contributed by atoms with Crippen molar-refractivity contribution in [2.45, 2.75) is 12.8 Å². The van der Waals surface area contributed by atoms with Gasteiger partial charge in [-0.15, -0.1) is 0 Å². The number of aldehydes is 1. The Morgan fingerprint density at radius 1 is 1.33 bits per heavy atom. The SMILES string of the molecule is O=CCCc1cccc(Br)c1Br. The molecule has 0 amide bonds. The molecule has 0 atom stereocenters. The third-order valence-electron chi connectivity index (χ3n) is 1.56. The van der Waals surface area contributed by atoms with Crippen LogP contribution in [0.5, 0.6) is 0 Å². The molecule has 3 heteroatoms. The maximum atomic E-state index is 10.1.